The van der Waals surface area contributed by atoms with E-state index >= 15 is 0 Å². The smallest absolute Gasteiger partial charge is 0.332 e. The zero-order chi connectivity index (χ0) is 23.0. The van der Waals surface area contributed by atoms with Crippen LogP contribution in [0, 0.1) is 5.92 Å². The van der Waals surface area contributed by atoms with E-state index in [4.69, 9.17) is 4.74 Å². The zero-order valence-electron chi connectivity index (χ0n) is 19.0. The Hall–Kier alpha value is -2.35. The fraction of sp³-hybridized carbons (Fsp3) is 0.696. The number of ether oxygens (including phenoxy) is 1. The molecule has 1 aliphatic heterocycles. The van der Waals surface area contributed by atoms with E-state index in [1.54, 1.807) is 24.9 Å². The molecule has 1 saturated carbocycles. The second kappa shape index (κ2) is 11.3. The maximum absolute atomic E-state index is 13.0. The molecule has 0 unspecified atom stereocenters. The Morgan fingerprint density at radius 1 is 1.29 bits per heavy atom. The van der Waals surface area contributed by atoms with Crippen LogP contribution in [0.1, 0.15) is 52.4 Å². The first kappa shape index (κ1) is 24.9. The van der Waals surface area contributed by atoms with Gasteiger partial charge in [-0.1, -0.05) is 25.2 Å². The van der Waals surface area contributed by atoms with Crippen molar-refractivity contribution in [3.8, 4) is 0 Å². The van der Waals surface area contributed by atoms with E-state index in [1.165, 1.54) is 4.90 Å². The first-order valence-corrected chi connectivity index (χ1v) is 11.3. The number of nitrogens with one attached hydrogen (secondary N) is 1. The molecule has 31 heavy (non-hydrogen) atoms. The van der Waals surface area contributed by atoms with E-state index in [0.29, 0.717) is 13.0 Å². The number of amides is 3. The van der Waals surface area contributed by atoms with E-state index in [1.807, 2.05) is 0 Å². The van der Waals surface area contributed by atoms with Gasteiger partial charge in [-0.25, -0.2) is 9.59 Å². The van der Waals surface area contributed by atoms with E-state index < -0.39 is 29.7 Å². The van der Waals surface area contributed by atoms with Gasteiger partial charge in [-0.15, -0.1) is 6.58 Å². The quantitative estimate of drug-likeness (QED) is 0.295. The van der Waals surface area contributed by atoms with E-state index in [2.05, 4.69) is 31.0 Å². The Bertz CT molecular complexity index is 695. The van der Waals surface area contributed by atoms with Gasteiger partial charge in [0.05, 0.1) is 12.7 Å². The Labute approximate surface area is 185 Å². The number of hydrogen-bond acceptors (Lipinski definition) is 5. The number of β-amino-alcohol motifs (C(OH)–C–C–N with tert-alkyl or cyclic N) is 1. The van der Waals surface area contributed by atoms with Gasteiger partial charge in [-0.2, -0.15) is 0 Å². The minimum atomic E-state index is -1.13. The molecular formula is C23H37N3O5. The lowest BCUT2D eigenvalue weighted by Crippen LogP contribution is -2.55. The fourth-order valence-electron chi connectivity index (χ4n) is 4.06. The summed E-state index contributed by atoms with van der Waals surface area (Å²) in [6.45, 7) is 8.37. The topological polar surface area (TPSA) is 99.2 Å². The lowest BCUT2D eigenvalue weighted by atomic mass is 10.1. The minimum Gasteiger partial charge on any atom is -0.464 e. The number of unbranched alkanes of at least 4 members (excludes halogenated alkanes) is 2. The highest BCUT2D eigenvalue weighted by atomic mass is 16.5. The Morgan fingerprint density at radius 3 is 2.65 bits per heavy atom. The number of allylic oxidation sites excluding steroid dienone is 2. The third-order valence-corrected chi connectivity index (χ3v) is 5.99. The van der Waals surface area contributed by atoms with E-state index in [0.717, 1.165) is 25.7 Å². The second-order valence-electron chi connectivity index (χ2n) is 8.36. The van der Waals surface area contributed by atoms with Crippen LogP contribution in [0.4, 0.5) is 4.79 Å². The molecule has 8 nitrogen and oxygen atoms in total. The molecule has 1 saturated heterocycles. The lowest BCUT2D eigenvalue weighted by Gasteiger charge is -2.29. The molecule has 3 amide bonds. The van der Waals surface area contributed by atoms with Crippen LogP contribution in [-0.4, -0.2) is 77.2 Å². The maximum atomic E-state index is 13.0. The molecule has 8 heteroatoms. The number of urea groups is 1. The second-order valence-corrected chi connectivity index (χ2v) is 8.36. The lowest BCUT2D eigenvalue weighted by molar-refractivity contribution is -0.147. The van der Waals surface area contributed by atoms with Crippen LogP contribution >= 0.6 is 0 Å². The average molecular weight is 436 g/mol. The highest BCUT2D eigenvalue weighted by Gasteiger charge is 2.62. The minimum absolute atomic E-state index is 0.0511. The van der Waals surface area contributed by atoms with Crippen LogP contribution in [-0.2, 0) is 14.3 Å². The van der Waals surface area contributed by atoms with Crippen LogP contribution in [0.3, 0.4) is 0 Å². The number of esters is 1. The highest BCUT2D eigenvalue weighted by molar-refractivity contribution is 5.93. The molecule has 0 radical (unpaired) electrons. The molecule has 0 aromatic carbocycles. The summed E-state index contributed by atoms with van der Waals surface area (Å²) in [6.07, 6.45) is 9.58. The van der Waals surface area contributed by atoms with Crippen molar-refractivity contribution in [2.45, 2.75) is 70.1 Å². The number of aliphatic hydroxyl groups excluding tert-OH is 1. The van der Waals surface area contributed by atoms with Crippen LogP contribution in [0.5, 0.6) is 0 Å². The number of hydrogen-bond donors (Lipinski definition) is 2. The molecular weight excluding hydrogens is 398 g/mol. The highest BCUT2D eigenvalue weighted by Crippen LogP contribution is 2.45. The van der Waals surface area contributed by atoms with Crippen molar-refractivity contribution in [3.05, 3.63) is 24.8 Å². The predicted molar refractivity (Wildman–Crippen MR) is 118 cm³/mol. The molecule has 0 spiro atoms. The van der Waals surface area contributed by atoms with Crippen LogP contribution in [0.25, 0.3) is 0 Å². The van der Waals surface area contributed by atoms with Gasteiger partial charge in [-0.3, -0.25) is 4.79 Å². The molecule has 174 valence electrons. The Morgan fingerprint density at radius 2 is 2.03 bits per heavy atom. The van der Waals surface area contributed by atoms with Crippen molar-refractivity contribution < 1.29 is 24.2 Å². The summed E-state index contributed by atoms with van der Waals surface area (Å²) in [7, 11) is 1.72. The number of likely N-dealkylation sites (N-methyl/N-ethyl adjacent to an activating group) is 1. The van der Waals surface area contributed by atoms with Crippen molar-refractivity contribution >= 4 is 17.9 Å². The third-order valence-electron chi connectivity index (χ3n) is 5.99. The largest absolute Gasteiger partial charge is 0.464 e. The molecule has 4 atom stereocenters. The van der Waals surface area contributed by atoms with E-state index in [9.17, 15) is 19.5 Å². The van der Waals surface area contributed by atoms with Gasteiger partial charge in [0, 0.05) is 32.5 Å². The van der Waals surface area contributed by atoms with Crippen molar-refractivity contribution in [1.29, 1.82) is 0 Å². The standard InChI is InChI=1S/C23H37N3O5/c1-5-8-9-10-11-12-13-25(4)20(28)19-14-18(27)16-26(19)22(30)24-23(15-17(23)6-2)21(29)31-7-3/h6,8-9,17-19,27H,2,5,7,10-16H2,1,3-4H3,(H,24,30)/t17-,18+,19-,23+/m0/s1. The van der Waals surface area contributed by atoms with Crippen molar-refractivity contribution in [2.24, 2.45) is 5.92 Å². The molecule has 0 aromatic heterocycles. The number of nitrogens with zero attached hydrogens (tertiary/aromatic N) is 2. The Kier molecular flexibility index (Phi) is 9.10. The summed E-state index contributed by atoms with van der Waals surface area (Å²) in [5.41, 5.74) is -1.13. The van der Waals surface area contributed by atoms with Gasteiger partial charge in [0.1, 0.15) is 11.6 Å². The Balaban J connectivity index is 1.97. The van der Waals surface area contributed by atoms with Gasteiger partial charge >= 0.3 is 12.0 Å². The molecule has 2 rings (SSSR count). The summed E-state index contributed by atoms with van der Waals surface area (Å²) < 4.78 is 5.13. The number of rotatable bonds is 11. The maximum Gasteiger partial charge on any atom is 0.332 e. The summed E-state index contributed by atoms with van der Waals surface area (Å²) in [6, 6.07) is -1.29. The molecule has 2 fully saturated rings. The zero-order valence-corrected chi connectivity index (χ0v) is 19.0. The normalized spacial score (nSPS) is 27.2. The van der Waals surface area contributed by atoms with Crippen LogP contribution in [0.2, 0.25) is 0 Å². The average Bonchev–Trinajstić information content (AvgIpc) is 3.32. The number of likely N-dealkylation sites (tertiary alicyclic amines) is 1. The summed E-state index contributed by atoms with van der Waals surface area (Å²) in [5.74, 6) is -0.899. The third kappa shape index (κ3) is 6.09. The van der Waals surface area contributed by atoms with Crippen LogP contribution in [0.15, 0.2) is 24.8 Å². The summed E-state index contributed by atoms with van der Waals surface area (Å²) >= 11 is 0. The number of aliphatic hydroxyl groups is 1. The SMILES string of the molecule is C=C[C@H]1C[C@]1(NC(=O)N1C[C@H](O)C[C@H]1C(=O)N(C)CCCCC=CCC)C(=O)OCC. The van der Waals surface area contributed by atoms with Crippen molar-refractivity contribution in [2.75, 3.05) is 26.7 Å². The number of carbonyl (C=O) groups excluding carboxylic acids is 3. The molecule has 0 bridgehead atoms. The molecule has 2 aliphatic rings. The van der Waals surface area contributed by atoms with Crippen molar-refractivity contribution in [1.82, 2.24) is 15.1 Å². The predicted octanol–water partition coefficient (Wildman–Crippen LogP) is 2.23. The fourth-order valence-corrected chi connectivity index (χ4v) is 4.06. The molecule has 1 aliphatic carbocycles. The van der Waals surface area contributed by atoms with Gasteiger partial charge < -0.3 is 25.0 Å². The molecule has 2 N–H and O–H groups in total. The van der Waals surface area contributed by atoms with Gasteiger partial charge in [0.2, 0.25) is 5.91 Å². The van der Waals surface area contributed by atoms with Gasteiger partial charge in [0.15, 0.2) is 0 Å². The number of carbonyl (C=O) groups is 3. The first-order valence-electron chi connectivity index (χ1n) is 11.3. The first-order chi connectivity index (χ1) is 14.8. The monoisotopic (exact) mass is 435 g/mol. The molecule has 1 heterocycles. The molecule has 0 aromatic rings. The van der Waals surface area contributed by atoms with Crippen LogP contribution < -0.4 is 5.32 Å². The summed E-state index contributed by atoms with van der Waals surface area (Å²) in [5, 5.41) is 12.9. The summed E-state index contributed by atoms with van der Waals surface area (Å²) in [4.78, 5) is 41.4. The van der Waals surface area contributed by atoms with E-state index in [-0.39, 0.29) is 31.4 Å². The van der Waals surface area contributed by atoms with Crippen molar-refractivity contribution in [3.63, 3.8) is 0 Å². The van der Waals surface area contributed by atoms with Gasteiger partial charge in [-0.05, 0) is 39.0 Å². The van der Waals surface area contributed by atoms with Gasteiger partial charge in [0.25, 0.3) is 0 Å².